The molecule has 0 aliphatic heterocycles. The fourth-order valence-electron chi connectivity index (χ4n) is 1.01. The minimum atomic E-state index is -0.499. The Morgan fingerprint density at radius 2 is 2.14 bits per heavy atom. The van der Waals surface area contributed by atoms with E-state index in [0.29, 0.717) is 26.2 Å². The van der Waals surface area contributed by atoms with E-state index in [4.69, 9.17) is 9.84 Å². The fraction of sp³-hybridized carbons (Fsp3) is 0.900. The van der Waals surface area contributed by atoms with Crippen molar-refractivity contribution >= 4 is 5.91 Å². The molecule has 14 heavy (non-hydrogen) atoms. The molecule has 0 fully saturated rings. The van der Waals surface area contributed by atoms with Crippen molar-refractivity contribution in [1.29, 1.82) is 0 Å². The van der Waals surface area contributed by atoms with Crippen molar-refractivity contribution in [3.8, 4) is 0 Å². The molecule has 0 radical (unpaired) electrons. The van der Waals surface area contributed by atoms with E-state index in [0.717, 1.165) is 0 Å². The van der Waals surface area contributed by atoms with E-state index in [1.54, 1.807) is 0 Å². The van der Waals surface area contributed by atoms with Gasteiger partial charge in [-0.05, 0) is 13.3 Å². The number of carbonyl (C=O) groups is 1. The number of carbonyl (C=O) groups excluding carboxylic acids is 1. The molecule has 0 unspecified atom stereocenters. The van der Waals surface area contributed by atoms with E-state index in [1.807, 2.05) is 20.8 Å². The van der Waals surface area contributed by atoms with Crippen molar-refractivity contribution < 1.29 is 14.6 Å². The van der Waals surface area contributed by atoms with E-state index in [9.17, 15) is 4.79 Å². The Bertz CT molecular complexity index is 169. The highest BCUT2D eigenvalue weighted by atomic mass is 16.5. The molecule has 0 atom stereocenters. The van der Waals surface area contributed by atoms with Gasteiger partial charge in [0.2, 0.25) is 5.91 Å². The molecule has 0 rings (SSSR count). The van der Waals surface area contributed by atoms with Gasteiger partial charge in [0.15, 0.2) is 0 Å². The predicted octanol–water partition coefficient (Wildman–Crippen LogP) is 0.548. The van der Waals surface area contributed by atoms with Crippen LogP contribution in [0.1, 0.15) is 27.2 Å². The minimum Gasteiger partial charge on any atom is -0.396 e. The Labute approximate surface area is 85.6 Å². The van der Waals surface area contributed by atoms with Gasteiger partial charge in [-0.25, -0.2) is 0 Å². The van der Waals surface area contributed by atoms with Crippen molar-refractivity contribution in [2.75, 3.05) is 26.4 Å². The molecule has 0 saturated carbocycles. The lowest BCUT2D eigenvalue weighted by Crippen LogP contribution is -2.39. The highest BCUT2D eigenvalue weighted by Crippen LogP contribution is 2.19. The highest BCUT2D eigenvalue weighted by molar-refractivity contribution is 5.81. The summed E-state index contributed by atoms with van der Waals surface area (Å²) in [6.45, 7) is 7.32. The van der Waals surface area contributed by atoms with Gasteiger partial charge in [0.1, 0.15) is 0 Å². The molecule has 0 heterocycles. The predicted molar refractivity (Wildman–Crippen MR) is 55.0 cm³/mol. The number of hydrogen-bond donors (Lipinski definition) is 2. The zero-order chi connectivity index (χ0) is 11.0. The van der Waals surface area contributed by atoms with E-state index in [1.165, 1.54) is 0 Å². The lowest BCUT2D eigenvalue weighted by molar-refractivity contribution is -0.130. The molecular weight excluding hydrogens is 182 g/mol. The first-order valence-corrected chi connectivity index (χ1v) is 5.01. The number of hydrogen-bond acceptors (Lipinski definition) is 3. The van der Waals surface area contributed by atoms with Crippen LogP contribution < -0.4 is 5.32 Å². The molecule has 4 nitrogen and oxygen atoms in total. The number of ether oxygens (including phenoxy) is 1. The maximum atomic E-state index is 11.5. The summed E-state index contributed by atoms with van der Waals surface area (Å²) in [7, 11) is 0. The second kappa shape index (κ2) is 6.79. The maximum absolute atomic E-state index is 11.5. The van der Waals surface area contributed by atoms with E-state index < -0.39 is 5.41 Å². The van der Waals surface area contributed by atoms with Gasteiger partial charge in [0.25, 0.3) is 0 Å². The van der Waals surface area contributed by atoms with Gasteiger partial charge in [0, 0.05) is 25.2 Å². The molecule has 1 amide bonds. The van der Waals surface area contributed by atoms with Gasteiger partial charge in [0.05, 0.1) is 6.61 Å². The van der Waals surface area contributed by atoms with Crippen LogP contribution in [0.15, 0.2) is 0 Å². The Balaban J connectivity index is 3.71. The average molecular weight is 203 g/mol. The molecule has 0 saturated heterocycles. The topological polar surface area (TPSA) is 58.6 Å². The first-order chi connectivity index (χ1) is 6.54. The van der Waals surface area contributed by atoms with E-state index in [-0.39, 0.29) is 12.5 Å². The summed E-state index contributed by atoms with van der Waals surface area (Å²) in [4.78, 5) is 11.5. The van der Waals surface area contributed by atoms with Gasteiger partial charge < -0.3 is 15.2 Å². The zero-order valence-electron chi connectivity index (χ0n) is 9.30. The van der Waals surface area contributed by atoms with Crippen molar-refractivity contribution in [2.24, 2.45) is 5.41 Å². The summed E-state index contributed by atoms with van der Waals surface area (Å²) in [5.74, 6) is -0.0359. The third kappa shape index (κ3) is 5.19. The van der Waals surface area contributed by atoms with E-state index >= 15 is 0 Å². The van der Waals surface area contributed by atoms with Gasteiger partial charge in [-0.15, -0.1) is 0 Å². The molecule has 84 valence electrons. The lowest BCUT2D eigenvalue weighted by atomic mass is 9.89. The van der Waals surface area contributed by atoms with Crippen molar-refractivity contribution in [3.63, 3.8) is 0 Å². The summed E-state index contributed by atoms with van der Waals surface area (Å²) in [5, 5.41) is 11.5. The Kier molecular flexibility index (Phi) is 6.49. The largest absolute Gasteiger partial charge is 0.396 e. The molecule has 0 aromatic rings. The Morgan fingerprint density at radius 1 is 1.50 bits per heavy atom. The summed E-state index contributed by atoms with van der Waals surface area (Å²) in [6, 6.07) is 0. The lowest BCUT2D eigenvalue weighted by Gasteiger charge is -2.22. The second-order valence-corrected chi connectivity index (χ2v) is 3.81. The van der Waals surface area contributed by atoms with Crippen LogP contribution in [0.5, 0.6) is 0 Å². The molecule has 4 heteroatoms. The van der Waals surface area contributed by atoms with Gasteiger partial charge in [-0.2, -0.15) is 0 Å². The first kappa shape index (κ1) is 13.4. The van der Waals surface area contributed by atoms with E-state index in [2.05, 4.69) is 5.32 Å². The van der Waals surface area contributed by atoms with Crippen LogP contribution >= 0.6 is 0 Å². The molecule has 2 N–H and O–H groups in total. The Hall–Kier alpha value is -0.610. The summed E-state index contributed by atoms with van der Waals surface area (Å²) < 4.78 is 5.09. The van der Waals surface area contributed by atoms with Crippen LogP contribution in [-0.2, 0) is 9.53 Å². The van der Waals surface area contributed by atoms with Crippen molar-refractivity contribution in [3.05, 3.63) is 0 Å². The number of rotatable bonds is 7. The van der Waals surface area contributed by atoms with Gasteiger partial charge >= 0.3 is 0 Å². The second-order valence-electron chi connectivity index (χ2n) is 3.81. The standard InChI is InChI=1S/C10H21NO3/c1-4-14-8-6-11-9(13)10(2,3)5-7-12/h12H,4-8H2,1-3H3,(H,11,13). The van der Waals surface area contributed by atoms with Crippen LogP contribution in [0.4, 0.5) is 0 Å². The van der Waals surface area contributed by atoms with Crippen LogP contribution in [0.2, 0.25) is 0 Å². The average Bonchev–Trinajstić information content (AvgIpc) is 2.12. The number of amides is 1. The molecule has 0 aliphatic rings. The van der Waals surface area contributed by atoms with Crippen LogP contribution in [-0.4, -0.2) is 37.4 Å². The van der Waals surface area contributed by atoms with Gasteiger partial charge in [-0.3, -0.25) is 4.79 Å². The zero-order valence-corrected chi connectivity index (χ0v) is 9.30. The van der Waals surface area contributed by atoms with Crippen LogP contribution in [0.25, 0.3) is 0 Å². The molecule has 0 aromatic heterocycles. The monoisotopic (exact) mass is 203 g/mol. The summed E-state index contributed by atoms with van der Waals surface area (Å²) >= 11 is 0. The molecular formula is C10H21NO3. The van der Waals surface area contributed by atoms with Crippen LogP contribution in [0, 0.1) is 5.41 Å². The smallest absolute Gasteiger partial charge is 0.225 e. The third-order valence-electron chi connectivity index (χ3n) is 2.09. The molecule has 0 bridgehead atoms. The minimum absolute atomic E-state index is 0.0336. The molecule has 0 aromatic carbocycles. The van der Waals surface area contributed by atoms with Crippen molar-refractivity contribution in [1.82, 2.24) is 5.32 Å². The number of aliphatic hydroxyl groups is 1. The maximum Gasteiger partial charge on any atom is 0.225 e. The van der Waals surface area contributed by atoms with Crippen molar-refractivity contribution in [2.45, 2.75) is 27.2 Å². The molecule has 0 spiro atoms. The molecule has 0 aliphatic carbocycles. The van der Waals surface area contributed by atoms with Gasteiger partial charge in [-0.1, -0.05) is 13.8 Å². The normalized spacial score (nSPS) is 11.4. The quantitative estimate of drug-likeness (QED) is 0.594. The third-order valence-corrected chi connectivity index (χ3v) is 2.09. The SMILES string of the molecule is CCOCCNC(=O)C(C)(C)CCO. The number of aliphatic hydroxyl groups excluding tert-OH is 1. The fourth-order valence-corrected chi connectivity index (χ4v) is 1.01. The Morgan fingerprint density at radius 3 is 2.64 bits per heavy atom. The summed E-state index contributed by atoms with van der Waals surface area (Å²) in [6.07, 6.45) is 0.480. The first-order valence-electron chi connectivity index (χ1n) is 5.01. The highest BCUT2D eigenvalue weighted by Gasteiger charge is 2.26. The van der Waals surface area contributed by atoms with Crippen LogP contribution in [0.3, 0.4) is 0 Å². The summed E-state index contributed by atoms with van der Waals surface area (Å²) in [5.41, 5.74) is -0.499. The number of nitrogens with one attached hydrogen (secondary N) is 1.